The average molecular weight is 1440 g/mol. The molecule has 0 radical (unpaired) electrons. The van der Waals surface area contributed by atoms with E-state index in [0.717, 1.165) is 108 Å². The SMILES string of the molecule is CCCCCCCCCCCCCCCCCCCCCC(=O)OC[C@H](COP(=O)(O)OC[C@@H](O)COP(=O)(O)OC[C@@H](COC(=O)CCCCCCCCCC)OC(=O)CCCCCCCCC(C)CC)OC(=O)CCCCCCCCCCCCCCCCCCCCC(C)C. The topological polar surface area (TPSA) is 237 Å². The molecule has 0 aliphatic carbocycles. The number of aliphatic hydroxyl groups excluding tert-OH is 1. The molecule has 0 rings (SSSR count). The number of phosphoric ester groups is 2. The maximum atomic E-state index is 13.1. The summed E-state index contributed by atoms with van der Waals surface area (Å²) in [5.41, 5.74) is 0. The summed E-state index contributed by atoms with van der Waals surface area (Å²) >= 11 is 0. The highest BCUT2D eigenvalue weighted by molar-refractivity contribution is 7.47. The summed E-state index contributed by atoms with van der Waals surface area (Å²) in [6.45, 7) is 9.57. The molecule has 0 aliphatic rings. The zero-order valence-electron chi connectivity index (χ0n) is 64.1. The number of carbonyl (C=O) groups is 4. The van der Waals surface area contributed by atoms with Crippen LogP contribution in [0.4, 0.5) is 0 Å². The van der Waals surface area contributed by atoms with Crippen LogP contribution >= 0.6 is 15.6 Å². The van der Waals surface area contributed by atoms with E-state index in [1.165, 1.54) is 225 Å². The summed E-state index contributed by atoms with van der Waals surface area (Å²) in [6.07, 6.45) is 60.0. The fourth-order valence-electron chi connectivity index (χ4n) is 12.2. The molecule has 0 amide bonds. The molecule has 0 saturated heterocycles. The highest BCUT2D eigenvalue weighted by atomic mass is 31.2. The van der Waals surface area contributed by atoms with E-state index < -0.39 is 97.5 Å². The number of phosphoric acid groups is 2. The first-order valence-electron chi connectivity index (χ1n) is 41.0. The van der Waals surface area contributed by atoms with Crippen LogP contribution in [0.3, 0.4) is 0 Å². The average Bonchev–Trinajstić information content (AvgIpc) is 1.38. The molecule has 0 aromatic heterocycles. The molecule has 582 valence electrons. The lowest BCUT2D eigenvalue weighted by Crippen LogP contribution is -2.30. The lowest BCUT2D eigenvalue weighted by molar-refractivity contribution is -0.161. The molecule has 0 aliphatic heterocycles. The Hall–Kier alpha value is -1.94. The van der Waals surface area contributed by atoms with Crippen LogP contribution in [0.25, 0.3) is 0 Å². The maximum Gasteiger partial charge on any atom is 0.472 e. The van der Waals surface area contributed by atoms with Gasteiger partial charge in [-0.2, -0.15) is 0 Å². The van der Waals surface area contributed by atoms with Crippen molar-refractivity contribution in [2.75, 3.05) is 39.6 Å². The number of hydrogen-bond donors (Lipinski definition) is 3. The van der Waals surface area contributed by atoms with E-state index in [1.807, 2.05) is 0 Å². The van der Waals surface area contributed by atoms with E-state index in [-0.39, 0.29) is 25.7 Å². The molecule has 0 aromatic rings. The van der Waals surface area contributed by atoms with E-state index >= 15 is 0 Å². The van der Waals surface area contributed by atoms with E-state index in [1.54, 1.807) is 0 Å². The second-order valence-corrected chi connectivity index (χ2v) is 32.1. The summed E-state index contributed by atoms with van der Waals surface area (Å²) < 4.78 is 68.5. The number of ether oxygens (including phenoxy) is 4. The normalized spacial score (nSPS) is 14.2. The van der Waals surface area contributed by atoms with Gasteiger partial charge in [-0.3, -0.25) is 37.3 Å². The van der Waals surface area contributed by atoms with Gasteiger partial charge in [-0.15, -0.1) is 0 Å². The lowest BCUT2D eigenvalue weighted by Gasteiger charge is -2.21. The van der Waals surface area contributed by atoms with Crippen molar-refractivity contribution in [3.05, 3.63) is 0 Å². The minimum absolute atomic E-state index is 0.103. The van der Waals surface area contributed by atoms with Gasteiger partial charge in [0.15, 0.2) is 12.2 Å². The quantitative estimate of drug-likeness (QED) is 0.0222. The van der Waals surface area contributed by atoms with Crippen molar-refractivity contribution in [3.8, 4) is 0 Å². The zero-order valence-corrected chi connectivity index (χ0v) is 65.9. The molecule has 17 nitrogen and oxygen atoms in total. The molecule has 3 N–H and O–H groups in total. The Morgan fingerprint density at radius 2 is 0.520 bits per heavy atom. The number of esters is 4. The third-order valence-corrected chi connectivity index (χ3v) is 20.7. The first-order valence-corrected chi connectivity index (χ1v) is 44.0. The van der Waals surface area contributed by atoms with Crippen LogP contribution in [0, 0.1) is 11.8 Å². The van der Waals surface area contributed by atoms with Crippen LogP contribution < -0.4 is 0 Å². The molecular formula is C79H154O17P2. The number of unbranched alkanes of at least 4 members (excludes halogenated alkanes) is 47. The summed E-state index contributed by atoms with van der Waals surface area (Å²) in [4.78, 5) is 72.8. The molecule has 0 spiro atoms. The minimum Gasteiger partial charge on any atom is -0.462 e. The van der Waals surface area contributed by atoms with Crippen molar-refractivity contribution in [2.45, 2.75) is 432 Å². The summed E-state index contributed by atoms with van der Waals surface area (Å²) in [5.74, 6) is -0.578. The van der Waals surface area contributed by atoms with Gasteiger partial charge in [0.25, 0.3) is 0 Å². The predicted octanol–water partition coefficient (Wildman–Crippen LogP) is 23.5. The van der Waals surface area contributed by atoms with Gasteiger partial charge in [0.2, 0.25) is 0 Å². The summed E-state index contributed by atoms with van der Waals surface area (Å²) in [5, 5.41) is 10.6. The Kier molecular flexibility index (Phi) is 69.3. The van der Waals surface area contributed by atoms with Gasteiger partial charge in [-0.25, -0.2) is 9.13 Å². The molecule has 0 saturated carbocycles. The van der Waals surface area contributed by atoms with Crippen LogP contribution in [0.1, 0.15) is 414 Å². The largest absolute Gasteiger partial charge is 0.472 e. The van der Waals surface area contributed by atoms with Crippen LogP contribution in [0.2, 0.25) is 0 Å². The van der Waals surface area contributed by atoms with Crippen molar-refractivity contribution in [3.63, 3.8) is 0 Å². The molecule has 3 unspecified atom stereocenters. The number of carbonyl (C=O) groups excluding carboxylic acids is 4. The molecular weight excluding hydrogens is 1280 g/mol. The fourth-order valence-corrected chi connectivity index (χ4v) is 13.7. The Morgan fingerprint density at radius 1 is 0.296 bits per heavy atom. The molecule has 0 fully saturated rings. The molecule has 0 aromatic carbocycles. The van der Waals surface area contributed by atoms with Gasteiger partial charge in [-0.05, 0) is 37.5 Å². The fraction of sp³-hybridized carbons (Fsp3) is 0.949. The summed E-state index contributed by atoms with van der Waals surface area (Å²) in [6, 6.07) is 0. The molecule has 98 heavy (non-hydrogen) atoms. The maximum absolute atomic E-state index is 13.1. The van der Waals surface area contributed by atoms with Crippen LogP contribution in [0.5, 0.6) is 0 Å². The van der Waals surface area contributed by atoms with Crippen molar-refractivity contribution >= 4 is 39.5 Å². The molecule has 0 bridgehead atoms. The Balaban J connectivity index is 5.16. The highest BCUT2D eigenvalue weighted by Gasteiger charge is 2.30. The van der Waals surface area contributed by atoms with Crippen LogP contribution in [0.15, 0.2) is 0 Å². The molecule has 6 atom stereocenters. The first kappa shape index (κ1) is 96.1. The van der Waals surface area contributed by atoms with Crippen LogP contribution in [-0.4, -0.2) is 96.7 Å². The molecule has 0 heterocycles. The van der Waals surface area contributed by atoms with E-state index in [2.05, 4.69) is 41.5 Å². The number of rotatable bonds is 78. The predicted molar refractivity (Wildman–Crippen MR) is 400 cm³/mol. The Morgan fingerprint density at radius 3 is 0.776 bits per heavy atom. The second-order valence-electron chi connectivity index (χ2n) is 29.2. The van der Waals surface area contributed by atoms with Gasteiger partial charge >= 0.3 is 39.5 Å². The monoisotopic (exact) mass is 1440 g/mol. The minimum atomic E-state index is -4.96. The van der Waals surface area contributed by atoms with E-state index in [4.69, 9.17) is 37.0 Å². The van der Waals surface area contributed by atoms with Gasteiger partial charge < -0.3 is 33.8 Å². The van der Waals surface area contributed by atoms with Gasteiger partial charge in [0, 0.05) is 25.7 Å². The van der Waals surface area contributed by atoms with Crippen molar-refractivity contribution < 1.29 is 80.2 Å². The molecule has 19 heteroatoms. The lowest BCUT2D eigenvalue weighted by atomic mass is 10.00. The van der Waals surface area contributed by atoms with Crippen molar-refractivity contribution in [1.82, 2.24) is 0 Å². The van der Waals surface area contributed by atoms with Crippen molar-refractivity contribution in [2.24, 2.45) is 11.8 Å². The first-order chi connectivity index (χ1) is 47.4. The number of aliphatic hydroxyl groups is 1. The second kappa shape index (κ2) is 70.7. The van der Waals surface area contributed by atoms with Gasteiger partial charge in [0.1, 0.15) is 19.3 Å². The zero-order chi connectivity index (χ0) is 72.1. The summed E-state index contributed by atoms with van der Waals surface area (Å²) in [7, 11) is -9.91. The van der Waals surface area contributed by atoms with Crippen LogP contribution in [-0.2, 0) is 65.4 Å². The van der Waals surface area contributed by atoms with Crippen molar-refractivity contribution in [1.29, 1.82) is 0 Å². The van der Waals surface area contributed by atoms with Gasteiger partial charge in [0.05, 0.1) is 26.4 Å². The third-order valence-electron chi connectivity index (χ3n) is 18.8. The smallest absolute Gasteiger partial charge is 0.462 e. The number of hydrogen-bond acceptors (Lipinski definition) is 15. The highest BCUT2D eigenvalue weighted by Crippen LogP contribution is 2.45. The Bertz CT molecular complexity index is 1890. The van der Waals surface area contributed by atoms with Gasteiger partial charge in [-0.1, -0.05) is 363 Å². The third kappa shape index (κ3) is 71.1. The Labute approximate surface area is 600 Å². The standard InChI is InChI=1S/C79H154O17P2/c1-7-10-12-14-16-18-19-20-21-22-23-27-30-33-36-39-43-50-56-62-77(82)90-67-74(95-78(83)63-57-51-44-40-37-34-31-28-25-24-26-29-32-35-38-41-47-53-59-71(4)5)69-93-97(85,86)91-65-73(80)66-92-98(87,88)94-70-75(68-89-76(81)61-55-49-42-17-15-13-11-8-2)96-79(84)64-58-52-46-45-48-54-60-72(6)9-3/h71-75,80H,7-70H2,1-6H3,(H,85,86)(H,87,88)/t72?,73-,74-,75-/m1/s1. The van der Waals surface area contributed by atoms with E-state index in [0.29, 0.717) is 25.7 Å². The van der Waals surface area contributed by atoms with E-state index in [9.17, 15) is 43.2 Å².